The van der Waals surface area contributed by atoms with E-state index in [4.69, 9.17) is 4.74 Å². The predicted molar refractivity (Wildman–Crippen MR) is 112 cm³/mol. The molecule has 0 saturated carbocycles. The summed E-state index contributed by atoms with van der Waals surface area (Å²) in [5, 5.41) is -0.0744. The highest BCUT2D eigenvalue weighted by Gasteiger charge is 2.38. The third-order valence-corrected chi connectivity index (χ3v) is 5.19. The van der Waals surface area contributed by atoms with Crippen molar-refractivity contribution in [2.45, 2.75) is 44.7 Å². The quantitative estimate of drug-likeness (QED) is 0.315. The number of nitrogens with zero attached hydrogens (tertiary/aromatic N) is 1. The number of rotatable bonds is 5. The summed E-state index contributed by atoms with van der Waals surface area (Å²) in [6.07, 6.45) is 2.49. The largest absolute Gasteiger partial charge is 0.497 e. The topological polar surface area (TPSA) is 46.6 Å². The van der Waals surface area contributed by atoms with Gasteiger partial charge in [0.2, 0.25) is 6.41 Å². The molecule has 4 nitrogen and oxygen atoms in total. The first-order chi connectivity index (χ1) is 12.4. The van der Waals surface area contributed by atoms with Gasteiger partial charge in [-0.3, -0.25) is 9.59 Å². The number of thioether (sulfide) groups is 1. The Bertz CT molecular complexity index is 608. The first kappa shape index (κ1) is 24.0. The second-order valence-electron chi connectivity index (χ2n) is 5.99. The molecule has 1 heterocycles. The first-order valence-corrected chi connectivity index (χ1v) is 9.50. The van der Waals surface area contributed by atoms with Crippen molar-refractivity contribution in [3.8, 4) is 5.75 Å². The van der Waals surface area contributed by atoms with E-state index < -0.39 is 0 Å². The van der Waals surface area contributed by atoms with Gasteiger partial charge in [-0.2, -0.15) is 0 Å². The van der Waals surface area contributed by atoms with Gasteiger partial charge in [0, 0.05) is 16.9 Å². The Kier molecular flexibility index (Phi) is 10.7. The summed E-state index contributed by atoms with van der Waals surface area (Å²) in [4.78, 5) is 25.3. The molecule has 0 aliphatic carbocycles. The molecule has 1 aromatic carbocycles. The van der Waals surface area contributed by atoms with Gasteiger partial charge in [0.15, 0.2) is 5.78 Å². The van der Waals surface area contributed by atoms with Crippen LogP contribution in [0, 0.1) is 0 Å². The van der Waals surface area contributed by atoms with Crippen molar-refractivity contribution in [3.05, 3.63) is 54.6 Å². The highest BCUT2D eigenvalue weighted by atomic mass is 32.2. The zero-order valence-corrected chi connectivity index (χ0v) is 17.6. The number of hydrogen-bond acceptors (Lipinski definition) is 4. The minimum atomic E-state index is -0.0744. The summed E-state index contributed by atoms with van der Waals surface area (Å²) in [5.41, 5.74) is 1.50. The van der Waals surface area contributed by atoms with E-state index in [0.717, 1.165) is 17.7 Å². The zero-order valence-electron chi connectivity index (χ0n) is 16.7. The van der Waals surface area contributed by atoms with Crippen molar-refractivity contribution >= 4 is 24.0 Å². The number of methoxy groups -OCH3 is 1. The fourth-order valence-corrected chi connectivity index (χ4v) is 3.84. The van der Waals surface area contributed by atoms with E-state index in [2.05, 4.69) is 27.0 Å². The molecule has 26 heavy (non-hydrogen) atoms. The van der Waals surface area contributed by atoms with E-state index in [1.165, 1.54) is 0 Å². The lowest BCUT2D eigenvalue weighted by molar-refractivity contribution is -0.118. The van der Waals surface area contributed by atoms with Gasteiger partial charge in [0.25, 0.3) is 0 Å². The number of amides is 1. The van der Waals surface area contributed by atoms with Gasteiger partial charge in [-0.25, -0.2) is 0 Å². The number of allylic oxidation sites excluding steroid dienone is 1. The van der Waals surface area contributed by atoms with Crippen LogP contribution >= 0.6 is 11.8 Å². The van der Waals surface area contributed by atoms with E-state index in [0.29, 0.717) is 12.1 Å². The fourth-order valence-electron chi connectivity index (χ4n) is 2.49. The maximum atomic E-state index is 12.3. The highest BCUT2D eigenvalue weighted by Crippen LogP contribution is 2.41. The molecule has 1 saturated heterocycles. The number of benzene rings is 1. The molecule has 0 spiro atoms. The van der Waals surface area contributed by atoms with Gasteiger partial charge >= 0.3 is 0 Å². The SMILES string of the molecule is C=C.CC.COc1ccc(C(=O)/C=C(/C)C2SC(C)(C)CN2C=O)cc1. The standard InChI is InChI=1S/C17H21NO3S.C2H6.C2H4/c1-12(16-18(11-19)10-17(2,3)22-16)9-15(20)13-5-7-14(21-4)8-6-13;2*1-2/h5-9,11,16H,10H2,1-4H3;1-2H3;1-2H2/b12-9-;;. The van der Waals surface area contributed by atoms with Crippen molar-refractivity contribution in [2.75, 3.05) is 13.7 Å². The molecule has 0 aromatic heterocycles. The van der Waals surface area contributed by atoms with Crippen molar-refractivity contribution in [3.63, 3.8) is 0 Å². The van der Waals surface area contributed by atoms with Crippen LogP contribution in [0.15, 0.2) is 49.1 Å². The van der Waals surface area contributed by atoms with Gasteiger partial charge in [-0.15, -0.1) is 24.9 Å². The number of carbonyl (C=O) groups excluding carboxylic acids is 2. The van der Waals surface area contributed by atoms with Crippen molar-refractivity contribution in [2.24, 2.45) is 0 Å². The highest BCUT2D eigenvalue weighted by molar-refractivity contribution is 8.01. The number of ketones is 1. The van der Waals surface area contributed by atoms with Crippen molar-refractivity contribution in [1.29, 1.82) is 0 Å². The van der Waals surface area contributed by atoms with Crippen molar-refractivity contribution in [1.82, 2.24) is 4.90 Å². The maximum Gasteiger partial charge on any atom is 0.210 e. The lowest BCUT2D eigenvalue weighted by Gasteiger charge is -2.19. The van der Waals surface area contributed by atoms with Crippen LogP contribution in [0.25, 0.3) is 0 Å². The molecule has 1 aliphatic heterocycles. The van der Waals surface area contributed by atoms with Crippen LogP contribution in [0.2, 0.25) is 0 Å². The number of hydrogen-bond donors (Lipinski definition) is 0. The lowest BCUT2D eigenvalue weighted by Crippen LogP contribution is -2.30. The predicted octanol–water partition coefficient (Wildman–Crippen LogP) is 4.96. The summed E-state index contributed by atoms with van der Waals surface area (Å²) >= 11 is 1.71. The Hall–Kier alpha value is -2.01. The van der Waals surface area contributed by atoms with Crippen LogP contribution in [-0.2, 0) is 4.79 Å². The summed E-state index contributed by atoms with van der Waals surface area (Å²) in [5.74, 6) is 0.661. The average Bonchev–Trinajstić information content (AvgIpc) is 3.00. The average molecular weight is 378 g/mol. The van der Waals surface area contributed by atoms with E-state index >= 15 is 0 Å². The Labute approximate surface area is 162 Å². The molecule has 1 unspecified atom stereocenters. The van der Waals surface area contributed by atoms with Gasteiger partial charge in [0.05, 0.1) is 12.5 Å². The van der Waals surface area contributed by atoms with Gasteiger partial charge in [0.1, 0.15) is 5.75 Å². The molecule has 1 amide bonds. The normalized spacial score (nSPS) is 18.0. The van der Waals surface area contributed by atoms with E-state index in [1.54, 1.807) is 54.1 Å². The summed E-state index contributed by atoms with van der Waals surface area (Å²) in [7, 11) is 1.59. The molecule has 1 aliphatic rings. The Morgan fingerprint density at radius 3 is 2.27 bits per heavy atom. The number of carbonyl (C=O) groups is 2. The fraction of sp³-hybridized carbons (Fsp3) is 0.429. The molecule has 1 aromatic rings. The Morgan fingerprint density at radius 1 is 1.27 bits per heavy atom. The van der Waals surface area contributed by atoms with Crippen LogP contribution in [0.1, 0.15) is 45.0 Å². The van der Waals surface area contributed by atoms with Gasteiger partial charge in [-0.05, 0) is 56.7 Å². The smallest absolute Gasteiger partial charge is 0.210 e. The molecule has 0 bridgehead atoms. The van der Waals surface area contributed by atoms with Crippen LogP contribution < -0.4 is 4.74 Å². The van der Waals surface area contributed by atoms with Crippen LogP contribution in [0.4, 0.5) is 0 Å². The third kappa shape index (κ3) is 6.71. The molecular weight excluding hydrogens is 346 g/mol. The Morgan fingerprint density at radius 2 is 1.81 bits per heavy atom. The third-order valence-electron chi connectivity index (χ3n) is 3.55. The van der Waals surface area contributed by atoms with Crippen LogP contribution in [-0.4, -0.2) is 40.9 Å². The summed E-state index contributed by atoms with van der Waals surface area (Å²) < 4.78 is 5.09. The van der Waals surface area contributed by atoms with Crippen LogP contribution in [0.3, 0.4) is 0 Å². The summed E-state index contributed by atoms with van der Waals surface area (Å²) in [6.45, 7) is 16.8. The number of ether oxygens (including phenoxy) is 1. The molecule has 5 heteroatoms. The minimum absolute atomic E-state index is 0.00381. The zero-order chi connectivity index (χ0) is 20.3. The van der Waals surface area contributed by atoms with Gasteiger partial charge in [-0.1, -0.05) is 13.8 Å². The van der Waals surface area contributed by atoms with Gasteiger partial charge < -0.3 is 9.64 Å². The summed E-state index contributed by atoms with van der Waals surface area (Å²) in [6, 6.07) is 7.02. The molecular formula is C21H31NO3S. The molecule has 2 rings (SSSR count). The molecule has 144 valence electrons. The van der Waals surface area contributed by atoms with E-state index in [9.17, 15) is 9.59 Å². The second kappa shape index (κ2) is 11.6. The van der Waals surface area contributed by atoms with E-state index in [1.807, 2.05) is 20.8 Å². The molecule has 0 radical (unpaired) electrons. The molecule has 1 fully saturated rings. The molecule has 1 atom stereocenters. The first-order valence-electron chi connectivity index (χ1n) is 8.62. The minimum Gasteiger partial charge on any atom is -0.497 e. The molecule has 0 N–H and O–H groups in total. The lowest BCUT2D eigenvalue weighted by atomic mass is 10.1. The monoisotopic (exact) mass is 377 g/mol. The maximum absolute atomic E-state index is 12.3. The second-order valence-corrected chi connectivity index (χ2v) is 7.78. The van der Waals surface area contributed by atoms with Crippen molar-refractivity contribution < 1.29 is 14.3 Å². The Balaban J connectivity index is 0.00000146. The van der Waals surface area contributed by atoms with Crippen LogP contribution in [0.5, 0.6) is 5.75 Å². The van der Waals surface area contributed by atoms with E-state index in [-0.39, 0.29) is 15.9 Å².